The number of nitrogen functional groups attached to an aromatic ring is 1. The first kappa shape index (κ1) is 12.6. The Balaban J connectivity index is 2.33. The molecule has 0 aliphatic carbocycles. The molecule has 0 spiro atoms. The van der Waals surface area contributed by atoms with Gasteiger partial charge in [-0.1, -0.05) is 13.8 Å². The summed E-state index contributed by atoms with van der Waals surface area (Å²) in [7, 11) is 1.88. The van der Waals surface area contributed by atoms with Crippen LogP contribution in [0, 0.1) is 0 Å². The number of aromatic nitrogens is 4. The van der Waals surface area contributed by atoms with E-state index in [4.69, 9.17) is 10.7 Å². The Labute approximate surface area is 117 Å². The lowest BCUT2D eigenvalue weighted by Crippen LogP contribution is -2.01. The third kappa shape index (κ3) is 1.91. The average Bonchev–Trinajstić information content (AvgIpc) is 2.73. The van der Waals surface area contributed by atoms with Crippen LogP contribution in [0.25, 0.3) is 22.3 Å². The van der Waals surface area contributed by atoms with Gasteiger partial charge in [0.25, 0.3) is 0 Å². The largest absolute Gasteiger partial charge is 0.369 e. The summed E-state index contributed by atoms with van der Waals surface area (Å²) in [4.78, 5) is 13.2. The van der Waals surface area contributed by atoms with Crippen LogP contribution in [0.2, 0.25) is 0 Å². The summed E-state index contributed by atoms with van der Waals surface area (Å²) in [5.74, 6) is 0.799. The summed E-state index contributed by atoms with van der Waals surface area (Å²) < 4.78 is 1.82. The van der Waals surface area contributed by atoms with Gasteiger partial charge < -0.3 is 5.73 Å². The van der Waals surface area contributed by atoms with Crippen molar-refractivity contribution in [2.45, 2.75) is 19.8 Å². The van der Waals surface area contributed by atoms with Crippen molar-refractivity contribution in [1.29, 1.82) is 0 Å². The molecule has 3 aromatic rings. The van der Waals surface area contributed by atoms with E-state index < -0.39 is 0 Å². The Morgan fingerprint density at radius 2 is 1.85 bits per heavy atom. The van der Waals surface area contributed by atoms with E-state index in [9.17, 15) is 0 Å². The van der Waals surface area contributed by atoms with Crippen LogP contribution in [-0.4, -0.2) is 19.5 Å². The van der Waals surface area contributed by atoms with E-state index >= 15 is 0 Å². The Hall–Kier alpha value is -2.43. The predicted molar refractivity (Wildman–Crippen MR) is 80.2 cm³/mol. The number of imidazole rings is 1. The second kappa shape index (κ2) is 4.59. The van der Waals surface area contributed by atoms with Gasteiger partial charge in [-0.05, 0) is 29.7 Å². The Morgan fingerprint density at radius 1 is 1.15 bits per heavy atom. The molecule has 0 atom stereocenters. The van der Waals surface area contributed by atoms with E-state index in [0.717, 1.165) is 28.0 Å². The van der Waals surface area contributed by atoms with Crippen LogP contribution in [0.3, 0.4) is 0 Å². The van der Waals surface area contributed by atoms with Crippen molar-refractivity contribution in [1.82, 2.24) is 19.5 Å². The van der Waals surface area contributed by atoms with Gasteiger partial charge in [0.2, 0.25) is 5.95 Å². The highest BCUT2D eigenvalue weighted by molar-refractivity contribution is 5.82. The monoisotopic (exact) mass is 267 g/mol. The summed E-state index contributed by atoms with van der Waals surface area (Å²) in [6, 6.07) is 6.03. The average molecular weight is 267 g/mol. The van der Waals surface area contributed by atoms with Crippen LogP contribution in [-0.2, 0) is 7.05 Å². The van der Waals surface area contributed by atoms with Crippen molar-refractivity contribution < 1.29 is 0 Å². The van der Waals surface area contributed by atoms with Gasteiger partial charge in [-0.25, -0.2) is 9.97 Å². The third-order valence-corrected chi connectivity index (χ3v) is 3.45. The van der Waals surface area contributed by atoms with Gasteiger partial charge in [0.1, 0.15) is 5.52 Å². The lowest BCUT2D eigenvalue weighted by molar-refractivity contribution is 0.823. The van der Waals surface area contributed by atoms with Gasteiger partial charge in [0, 0.05) is 25.0 Å². The molecule has 102 valence electrons. The maximum Gasteiger partial charge on any atom is 0.202 e. The fourth-order valence-electron chi connectivity index (χ4n) is 2.35. The molecule has 0 fully saturated rings. The molecular weight excluding hydrogens is 250 g/mol. The van der Waals surface area contributed by atoms with Gasteiger partial charge in [0.15, 0.2) is 5.65 Å². The first-order valence-corrected chi connectivity index (χ1v) is 6.61. The highest BCUT2D eigenvalue weighted by Crippen LogP contribution is 2.30. The summed E-state index contributed by atoms with van der Waals surface area (Å²) in [5, 5.41) is 0. The molecule has 2 N–H and O–H groups in total. The van der Waals surface area contributed by atoms with Crippen LogP contribution in [0.5, 0.6) is 0 Å². The molecule has 0 bridgehead atoms. The van der Waals surface area contributed by atoms with Crippen molar-refractivity contribution in [3.05, 3.63) is 36.3 Å². The molecule has 5 heteroatoms. The molecule has 0 aromatic carbocycles. The number of aryl methyl sites for hydroxylation is 1. The van der Waals surface area contributed by atoms with Crippen LogP contribution < -0.4 is 5.73 Å². The normalized spacial score (nSPS) is 11.4. The van der Waals surface area contributed by atoms with E-state index in [1.165, 1.54) is 0 Å². The van der Waals surface area contributed by atoms with Gasteiger partial charge in [-0.2, -0.15) is 0 Å². The van der Waals surface area contributed by atoms with E-state index in [1.54, 1.807) is 12.4 Å². The number of fused-ring (bicyclic) bond motifs is 1. The molecular formula is C15H17N5. The molecule has 3 heterocycles. The standard InChI is InChI=1S/C15H17N5/c1-9(2)13-11(10-4-6-17-7-5-10)8-12-14(19-13)20(3)15(16)18-12/h4-9H,1-3H3,(H2,16,18). The highest BCUT2D eigenvalue weighted by atomic mass is 15.2. The zero-order valence-electron chi connectivity index (χ0n) is 11.8. The molecule has 0 aliphatic rings. The molecule has 3 aromatic heterocycles. The minimum Gasteiger partial charge on any atom is -0.369 e. The number of rotatable bonds is 2. The van der Waals surface area contributed by atoms with Gasteiger partial charge >= 0.3 is 0 Å². The molecule has 0 saturated heterocycles. The molecule has 0 saturated carbocycles. The first-order chi connectivity index (χ1) is 9.58. The van der Waals surface area contributed by atoms with Gasteiger partial charge in [0.05, 0.1) is 5.69 Å². The minimum absolute atomic E-state index is 0.318. The third-order valence-electron chi connectivity index (χ3n) is 3.45. The van der Waals surface area contributed by atoms with Crippen molar-refractivity contribution in [3.63, 3.8) is 0 Å². The topological polar surface area (TPSA) is 69.6 Å². The quantitative estimate of drug-likeness (QED) is 0.775. The molecule has 0 unspecified atom stereocenters. The molecule has 5 nitrogen and oxygen atoms in total. The van der Waals surface area contributed by atoms with E-state index in [-0.39, 0.29) is 0 Å². The fourth-order valence-corrected chi connectivity index (χ4v) is 2.35. The summed E-state index contributed by atoms with van der Waals surface area (Å²) in [6.07, 6.45) is 3.58. The number of pyridine rings is 2. The second-order valence-electron chi connectivity index (χ2n) is 5.18. The lowest BCUT2D eigenvalue weighted by atomic mass is 9.98. The van der Waals surface area contributed by atoms with Gasteiger partial charge in [-0.3, -0.25) is 9.55 Å². The SMILES string of the molecule is CC(C)c1nc2c(cc1-c1ccncc1)nc(N)n2C. The van der Waals surface area contributed by atoms with Crippen LogP contribution in [0.15, 0.2) is 30.6 Å². The number of anilines is 1. The van der Waals surface area contributed by atoms with Crippen LogP contribution in [0.4, 0.5) is 5.95 Å². The smallest absolute Gasteiger partial charge is 0.202 e. The van der Waals surface area contributed by atoms with Crippen LogP contribution >= 0.6 is 0 Å². The van der Waals surface area contributed by atoms with E-state index in [0.29, 0.717) is 11.9 Å². The molecule has 3 rings (SSSR count). The Kier molecular flexibility index (Phi) is 2.89. The van der Waals surface area contributed by atoms with Crippen molar-refractivity contribution in [2.75, 3.05) is 5.73 Å². The zero-order valence-corrected chi connectivity index (χ0v) is 11.8. The lowest BCUT2D eigenvalue weighted by Gasteiger charge is -2.12. The number of nitrogens with two attached hydrogens (primary N) is 1. The fraction of sp³-hybridized carbons (Fsp3) is 0.267. The van der Waals surface area contributed by atoms with E-state index in [1.807, 2.05) is 23.7 Å². The second-order valence-corrected chi connectivity index (χ2v) is 5.18. The molecule has 0 radical (unpaired) electrons. The number of hydrogen-bond acceptors (Lipinski definition) is 4. The summed E-state index contributed by atoms with van der Waals surface area (Å²) in [6.45, 7) is 4.27. The van der Waals surface area contributed by atoms with Gasteiger partial charge in [-0.15, -0.1) is 0 Å². The maximum absolute atomic E-state index is 5.87. The van der Waals surface area contributed by atoms with Crippen LogP contribution in [0.1, 0.15) is 25.5 Å². The molecule has 0 amide bonds. The Morgan fingerprint density at radius 3 is 2.50 bits per heavy atom. The summed E-state index contributed by atoms with van der Waals surface area (Å²) in [5.41, 5.74) is 10.8. The first-order valence-electron chi connectivity index (χ1n) is 6.61. The van der Waals surface area contributed by atoms with Crippen molar-refractivity contribution in [2.24, 2.45) is 7.05 Å². The Bertz CT molecular complexity index is 759. The van der Waals surface area contributed by atoms with E-state index in [2.05, 4.69) is 29.9 Å². The maximum atomic E-state index is 5.87. The van der Waals surface area contributed by atoms with Crippen molar-refractivity contribution >= 4 is 17.1 Å². The summed E-state index contributed by atoms with van der Waals surface area (Å²) >= 11 is 0. The van der Waals surface area contributed by atoms with Crippen molar-refractivity contribution in [3.8, 4) is 11.1 Å². The zero-order chi connectivity index (χ0) is 14.3. The molecule has 20 heavy (non-hydrogen) atoms. The highest BCUT2D eigenvalue weighted by Gasteiger charge is 2.15. The number of hydrogen-bond donors (Lipinski definition) is 1. The number of nitrogens with zero attached hydrogens (tertiary/aromatic N) is 4. The minimum atomic E-state index is 0.318. The predicted octanol–water partition coefficient (Wildman–Crippen LogP) is 2.74. The molecule has 0 aliphatic heterocycles.